The van der Waals surface area contributed by atoms with E-state index >= 15 is 0 Å². The number of methoxy groups -OCH3 is 1. The quantitative estimate of drug-likeness (QED) is 0.832. The number of aromatic nitrogens is 2. The van der Waals surface area contributed by atoms with Gasteiger partial charge in [-0.05, 0) is 26.0 Å². The Morgan fingerprint density at radius 2 is 2.16 bits per heavy atom. The van der Waals surface area contributed by atoms with Crippen molar-refractivity contribution >= 4 is 17.7 Å². The van der Waals surface area contributed by atoms with Gasteiger partial charge in [0.15, 0.2) is 0 Å². The number of rotatable bonds is 4. The molecule has 0 saturated carbocycles. The van der Waals surface area contributed by atoms with Gasteiger partial charge >= 0.3 is 0 Å². The summed E-state index contributed by atoms with van der Waals surface area (Å²) in [5.74, 6) is 1.39. The molecule has 138 valence electrons. The van der Waals surface area contributed by atoms with Gasteiger partial charge in [-0.2, -0.15) is 4.98 Å². The molecular formula is C17H28N6O2. The first-order chi connectivity index (χ1) is 12.0. The monoisotopic (exact) mass is 348 g/mol. The number of nitrogens with zero attached hydrogens (tertiary/aromatic N) is 5. The third-order valence-electron chi connectivity index (χ3n) is 5.52. The highest BCUT2D eigenvalue weighted by Gasteiger charge is 2.42. The van der Waals surface area contributed by atoms with Crippen LogP contribution < -0.4 is 10.6 Å². The van der Waals surface area contributed by atoms with Gasteiger partial charge in [0.25, 0.3) is 0 Å². The molecule has 1 aromatic heterocycles. The van der Waals surface area contributed by atoms with Crippen molar-refractivity contribution in [1.82, 2.24) is 19.8 Å². The van der Waals surface area contributed by atoms with Crippen molar-refractivity contribution in [2.45, 2.75) is 24.8 Å². The summed E-state index contributed by atoms with van der Waals surface area (Å²) in [6.45, 7) is 4.61. The Labute approximate surface area is 148 Å². The minimum Gasteiger partial charge on any atom is -0.384 e. The summed E-state index contributed by atoms with van der Waals surface area (Å²) in [5.41, 5.74) is 5.78. The summed E-state index contributed by atoms with van der Waals surface area (Å²) >= 11 is 0. The van der Waals surface area contributed by atoms with Crippen LogP contribution in [0.5, 0.6) is 0 Å². The zero-order chi connectivity index (χ0) is 17.9. The molecule has 1 aromatic rings. The van der Waals surface area contributed by atoms with Crippen LogP contribution in [0.3, 0.4) is 0 Å². The lowest BCUT2D eigenvalue weighted by molar-refractivity contribution is -0.131. The largest absolute Gasteiger partial charge is 0.384 e. The van der Waals surface area contributed by atoms with Crippen LogP contribution in [0.1, 0.15) is 19.3 Å². The maximum Gasteiger partial charge on any atom is 0.227 e. The van der Waals surface area contributed by atoms with E-state index in [2.05, 4.69) is 26.8 Å². The number of hydrogen-bond acceptors (Lipinski definition) is 7. The number of hydrogen-bond donors (Lipinski definition) is 1. The summed E-state index contributed by atoms with van der Waals surface area (Å²) in [5, 5.41) is 0. The maximum absolute atomic E-state index is 12.4. The molecule has 0 unspecified atom stereocenters. The van der Waals surface area contributed by atoms with E-state index < -0.39 is 0 Å². The van der Waals surface area contributed by atoms with E-state index in [9.17, 15) is 4.79 Å². The van der Waals surface area contributed by atoms with E-state index in [0.29, 0.717) is 31.3 Å². The fraction of sp³-hybridized carbons (Fsp3) is 0.706. The minimum absolute atomic E-state index is 0.0380. The van der Waals surface area contributed by atoms with E-state index in [4.69, 9.17) is 10.5 Å². The Morgan fingerprint density at radius 1 is 1.32 bits per heavy atom. The zero-order valence-electron chi connectivity index (χ0n) is 15.1. The molecular weight excluding hydrogens is 320 g/mol. The lowest BCUT2D eigenvalue weighted by atomic mass is 9.86. The number of carbonyl (C=O) groups excluding carboxylic acids is 1. The van der Waals surface area contributed by atoms with Crippen LogP contribution in [0.25, 0.3) is 0 Å². The lowest BCUT2D eigenvalue weighted by Gasteiger charge is -2.49. The van der Waals surface area contributed by atoms with Crippen LogP contribution in [0.4, 0.5) is 11.8 Å². The molecule has 0 aliphatic carbocycles. The lowest BCUT2D eigenvalue weighted by Crippen LogP contribution is -2.61. The summed E-state index contributed by atoms with van der Waals surface area (Å²) in [6, 6.07) is 1.70. The second kappa shape index (κ2) is 7.53. The Morgan fingerprint density at radius 3 is 2.92 bits per heavy atom. The molecule has 2 saturated heterocycles. The molecule has 8 nitrogen and oxygen atoms in total. The molecule has 1 amide bonds. The van der Waals surface area contributed by atoms with Crippen LogP contribution >= 0.6 is 0 Å². The second-order valence-electron chi connectivity index (χ2n) is 6.97. The fourth-order valence-electron chi connectivity index (χ4n) is 3.82. The molecule has 2 aliphatic heterocycles. The molecule has 2 aliphatic rings. The molecule has 3 heterocycles. The number of nitrogen functional groups attached to an aromatic ring is 1. The van der Waals surface area contributed by atoms with Gasteiger partial charge in [-0.1, -0.05) is 0 Å². The predicted molar refractivity (Wildman–Crippen MR) is 96.3 cm³/mol. The average Bonchev–Trinajstić information content (AvgIpc) is 2.76. The fourth-order valence-corrected chi connectivity index (χ4v) is 3.82. The molecule has 3 rings (SSSR count). The van der Waals surface area contributed by atoms with Crippen LogP contribution in [0.2, 0.25) is 0 Å². The Balaban J connectivity index is 1.75. The van der Waals surface area contributed by atoms with Gasteiger partial charge < -0.3 is 20.3 Å². The number of likely N-dealkylation sites (tertiary alicyclic amines) is 1. The van der Waals surface area contributed by atoms with Crippen molar-refractivity contribution < 1.29 is 9.53 Å². The molecule has 1 atom stereocenters. The van der Waals surface area contributed by atoms with Crippen molar-refractivity contribution in [3.8, 4) is 0 Å². The van der Waals surface area contributed by atoms with E-state index in [1.807, 2.05) is 4.90 Å². The number of anilines is 2. The van der Waals surface area contributed by atoms with Crippen LogP contribution in [-0.2, 0) is 9.53 Å². The SMILES string of the molecule is COCCN1CC[C@@]2(CCC1=O)CN(c1nccc(N)n1)CCN2C. The van der Waals surface area contributed by atoms with Crippen molar-refractivity contribution in [2.75, 3.05) is 64.1 Å². The highest BCUT2D eigenvalue weighted by molar-refractivity contribution is 5.76. The average molecular weight is 348 g/mol. The maximum atomic E-state index is 12.4. The van der Waals surface area contributed by atoms with Crippen molar-refractivity contribution in [3.05, 3.63) is 12.3 Å². The Hall–Kier alpha value is -1.93. The number of nitrogens with two attached hydrogens (primary N) is 1. The molecule has 25 heavy (non-hydrogen) atoms. The molecule has 0 bridgehead atoms. The normalized spacial score (nSPS) is 25.4. The Bertz CT molecular complexity index is 613. The van der Waals surface area contributed by atoms with Crippen molar-refractivity contribution in [1.29, 1.82) is 0 Å². The van der Waals surface area contributed by atoms with Gasteiger partial charge in [0.1, 0.15) is 5.82 Å². The first-order valence-electron chi connectivity index (χ1n) is 8.85. The van der Waals surface area contributed by atoms with Crippen molar-refractivity contribution in [2.24, 2.45) is 0 Å². The van der Waals surface area contributed by atoms with Crippen molar-refractivity contribution in [3.63, 3.8) is 0 Å². The van der Waals surface area contributed by atoms with E-state index in [0.717, 1.165) is 39.0 Å². The molecule has 2 N–H and O–H groups in total. The predicted octanol–water partition coefficient (Wildman–Crippen LogP) is 0.208. The third kappa shape index (κ3) is 3.85. The van der Waals surface area contributed by atoms with Gasteiger partial charge in [0.05, 0.1) is 6.61 Å². The molecule has 2 fully saturated rings. The first-order valence-corrected chi connectivity index (χ1v) is 8.85. The molecule has 0 aromatic carbocycles. The molecule has 1 spiro atoms. The first kappa shape index (κ1) is 17.9. The van der Waals surface area contributed by atoms with Gasteiger partial charge in [0.2, 0.25) is 11.9 Å². The third-order valence-corrected chi connectivity index (χ3v) is 5.52. The summed E-state index contributed by atoms with van der Waals surface area (Å²) in [4.78, 5) is 27.7. The number of likely N-dealkylation sites (N-methyl/N-ethyl adjacent to an activating group) is 1. The molecule has 0 radical (unpaired) electrons. The molecule has 8 heteroatoms. The van der Waals surface area contributed by atoms with Gasteiger partial charge in [-0.25, -0.2) is 4.98 Å². The smallest absolute Gasteiger partial charge is 0.227 e. The van der Waals surface area contributed by atoms with Gasteiger partial charge in [-0.15, -0.1) is 0 Å². The second-order valence-corrected chi connectivity index (χ2v) is 6.97. The van der Waals surface area contributed by atoms with Gasteiger partial charge in [-0.3, -0.25) is 9.69 Å². The van der Waals surface area contributed by atoms with E-state index in [1.54, 1.807) is 19.4 Å². The number of amides is 1. The zero-order valence-corrected chi connectivity index (χ0v) is 15.1. The van der Waals surface area contributed by atoms with E-state index in [-0.39, 0.29) is 11.4 Å². The van der Waals surface area contributed by atoms with Crippen LogP contribution in [0, 0.1) is 0 Å². The number of carbonyl (C=O) groups is 1. The summed E-state index contributed by atoms with van der Waals surface area (Å²) in [7, 11) is 3.83. The van der Waals surface area contributed by atoms with E-state index in [1.165, 1.54) is 0 Å². The number of piperazine rings is 1. The standard InChI is InChI=1S/C17H28N6O2/c1-21-9-10-23(16-19-7-4-14(18)20-16)13-17(21)5-3-15(24)22(8-6-17)11-12-25-2/h4,7H,3,5-6,8-13H2,1-2H3,(H2,18,19,20)/t17-/m0/s1. The van der Waals surface area contributed by atoms with Gasteiger partial charge in [0, 0.05) is 58.0 Å². The number of ether oxygens (including phenoxy) is 1. The van der Waals surface area contributed by atoms with Crippen LogP contribution in [-0.4, -0.2) is 84.7 Å². The highest BCUT2D eigenvalue weighted by Crippen LogP contribution is 2.33. The summed E-state index contributed by atoms with van der Waals surface area (Å²) in [6.07, 6.45) is 4.06. The topological polar surface area (TPSA) is 87.8 Å². The summed E-state index contributed by atoms with van der Waals surface area (Å²) < 4.78 is 5.14. The minimum atomic E-state index is -0.0380. The Kier molecular flexibility index (Phi) is 5.39. The highest BCUT2D eigenvalue weighted by atomic mass is 16.5. The van der Waals surface area contributed by atoms with Crippen LogP contribution in [0.15, 0.2) is 12.3 Å².